The number of hydrogen-bond donors (Lipinski definition) is 2. The minimum atomic E-state index is -5.45. The molecule has 0 aliphatic rings. The van der Waals surface area contributed by atoms with Crippen LogP contribution in [0.4, 0.5) is 17.6 Å². The van der Waals surface area contributed by atoms with Gasteiger partial charge in [-0.2, -0.15) is 25.3 Å². The Kier molecular flexibility index (Phi) is 11.4. The number of halogens is 4. The van der Waals surface area contributed by atoms with Gasteiger partial charge in [-0.15, -0.1) is 0 Å². The van der Waals surface area contributed by atoms with Crippen molar-refractivity contribution < 1.29 is 64.5 Å². The van der Waals surface area contributed by atoms with E-state index >= 15 is 17.6 Å². The standard InChI is InChI=1S/C23H36F4O11S4/c1-7-18(22(24,25)20(5,9-3)41(33,34)35)39(28,29)15-16-12-11-13-17(14-16)38-42(36,37)21(6,10-4)23(26,27)19(8-2)40(30,31)32/h11-14,18-19H,7-10,15H2,1-6H3,(H,30,31,32)(H,33,34,35). The first-order valence-electron chi connectivity index (χ1n) is 12.6. The van der Waals surface area contributed by atoms with Gasteiger partial charge >= 0.3 is 10.1 Å². The van der Waals surface area contributed by atoms with E-state index in [2.05, 4.69) is 0 Å². The summed E-state index contributed by atoms with van der Waals surface area (Å²) < 4.78 is 178. The minimum absolute atomic E-state index is 0.337. The fourth-order valence-electron chi connectivity index (χ4n) is 4.48. The lowest BCUT2D eigenvalue weighted by atomic mass is 9.95. The third-order valence-electron chi connectivity index (χ3n) is 7.70. The van der Waals surface area contributed by atoms with Crippen molar-refractivity contribution in [1.29, 1.82) is 0 Å². The van der Waals surface area contributed by atoms with Crippen LogP contribution >= 0.6 is 0 Å². The lowest BCUT2D eigenvalue weighted by Crippen LogP contribution is -2.60. The van der Waals surface area contributed by atoms with E-state index in [4.69, 9.17) is 4.18 Å². The Morgan fingerprint density at radius 1 is 0.762 bits per heavy atom. The van der Waals surface area contributed by atoms with Crippen LogP contribution in [0.5, 0.6) is 5.75 Å². The molecule has 1 aromatic carbocycles. The zero-order chi connectivity index (χ0) is 33.4. The molecule has 2 N–H and O–H groups in total. The van der Waals surface area contributed by atoms with E-state index in [1.54, 1.807) is 0 Å². The molecule has 42 heavy (non-hydrogen) atoms. The van der Waals surface area contributed by atoms with Gasteiger partial charge in [0, 0.05) is 0 Å². The Hall–Kier alpha value is -1.54. The van der Waals surface area contributed by atoms with Crippen molar-refractivity contribution in [1.82, 2.24) is 0 Å². The Bertz CT molecular complexity index is 1560. The smallest absolute Gasteiger partial charge is 0.320 e. The first-order valence-corrected chi connectivity index (χ1v) is 18.7. The summed E-state index contributed by atoms with van der Waals surface area (Å²) in [6, 6.07) is 3.80. The number of alkyl halides is 4. The predicted octanol–water partition coefficient (Wildman–Crippen LogP) is 4.25. The molecule has 1 aromatic rings. The SMILES string of the molecule is CCC(C(F)(F)C(C)(CC)S(=O)(=O)Oc1cccc(CS(=O)(=O)C(CC)C(F)(F)C(C)(CC)S(=O)(=O)O)c1)S(=O)(=O)O. The molecule has 0 amide bonds. The molecule has 4 unspecified atom stereocenters. The molecule has 0 fully saturated rings. The summed E-state index contributed by atoms with van der Waals surface area (Å²) in [5, 5.41) is -5.42. The molecule has 19 heteroatoms. The predicted molar refractivity (Wildman–Crippen MR) is 147 cm³/mol. The minimum Gasteiger partial charge on any atom is -0.382 e. The van der Waals surface area contributed by atoms with Crippen LogP contribution in [0.15, 0.2) is 24.3 Å². The Balaban J connectivity index is 3.55. The normalized spacial score (nSPS) is 18.5. The van der Waals surface area contributed by atoms with Crippen LogP contribution in [0.3, 0.4) is 0 Å². The molecule has 4 atom stereocenters. The molecule has 0 aliphatic heterocycles. The highest BCUT2D eigenvalue weighted by Crippen LogP contribution is 2.46. The fraction of sp³-hybridized carbons (Fsp3) is 0.739. The average molecular weight is 693 g/mol. The van der Waals surface area contributed by atoms with Crippen LogP contribution in [0, 0.1) is 0 Å². The molecule has 0 spiro atoms. The van der Waals surface area contributed by atoms with Crippen molar-refractivity contribution in [2.45, 2.75) is 105 Å². The molecular weight excluding hydrogens is 657 g/mol. The maximum Gasteiger partial charge on any atom is 0.320 e. The van der Waals surface area contributed by atoms with E-state index in [0.29, 0.717) is 13.8 Å². The fourth-order valence-corrected chi connectivity index (χ4v) is 9.97. The van der Waals surface area contributed by atoms with Crippen LogP contribution in [0.25, 0.3) is 0 Å². The average Bonchev–Trinajstić information content (AvgIpc) is 2.80. The molecule has 0 aromatic heterocycles. The van der Waals surface area contributed by atoms with Crippen molar-refractivity contribution in [3.05, 3.63) is 29.8 Å². The topological polar surface area (TPSA) is 186 Å². The summed E-state index contributed by atoms with van der Waals surface area (Å²) in [7, 11) is -21.2. The van der Waals surface area contributed by atoms with Crippen molar-refractivity contribution >= 4 is 40.2 Å². The van der Waals surface area contributed by atoms with Crippen molar-refractivity contribution in [3.63, 3.8) is 0 Å². The van der Waals surface area contributed by atoms with Gasteiger partial charge in [-0.1, -0.05) is 39.8 Å². The lowest BCUT2D eigenvalue weighted by Gasteiger charge is -2.38. The Morgan fingerprint density at radius 2 is 1.21 bits per heavy atom. The zero-order valence-corrected chi connectivity index (χ0v) is 27.0. The third-order valence-corrected chi connectivity index (χ3v) is 15.1. The second kappa shape index (κ2) is 12.5. The van der Waals surface area contributed by atoms with E-state index < -0.39 is 109 Å². The lowest BCUT2D eigenvalue weighted by molar-refractivity contribution is -0.0470. The number of benzene rings is 1. The van der Waals surface area contributed by atoms with E-state index in [9.17, 15) is 42.8 Å². The Labute approximate surface area is 244 Å². The Morgan fingerprint density at radius 3 is 1.60 bits per heavy atom. The van der Waals surface area contributed by atoms with Crippen molar-refractivity contribution in [2.24, 2.45) is 0 Å². The van der Waals surface area contributed by atoms with Gasteiger partial charge in [0.05, 0.1) is 5.75 Å². The third kappa shape index (κ3) is 6.90. The number of sulfone groups is 1. The van der Waals surface area contributed by atoms with E-state index in [1.165, 1.54) is 0 Å². The largest absolute Gasteiger partial charge is 0.382 e. The maximum absolute atomic E-state index is 15.4. The first-order chi connectivity index (χ1) is 18.7. The summed E-state index contributed by atoms with van der Waals surface area (Å²) in [4.78, 5) is 0. The summed E-state index contributed by atoms with van der Waals surface area (Å²) in [6.45, 7) is 5.10. The van der Waals surface area contributed by atoms with E-state index in [0.717, 1.165) is 52.0 Å². The monoisotopic (exact) mass is 692 g/mol. The van der Waals surface area contributed by atoms with Gasteiger partial charge in [0.25, 0.3) is 32.1 Å². The molecule has 1 rings (SSSR count). The second-order valence-electron chi connectivity index (χ2n) is 10.2. The second-order valence-corrected chi connectivity index (χ2v) is 17.8. The molecule has 0 bridgehead atoms. The van der Waals surface area contributed by atoms with Gasteiger partial charge in [-0.3, -0.25) is 9.11 Å². The van der Waals surface area contributed by atoms with Gasteiger partial charge < -0.3 is 4.18 Å². The maximum atomic E-state index is 15.4. The summed E-state index contributed by atoms with van der Waals surface area (Å²) in [5.74, 6) is -11.0. The van der Waals surface area contributed by atoms with Crippen LogP contribution in [-0.2, 0) is 45.9 Å². The van der Waals surface area contributed by atoms with Crippen LogP contribution in [0.1, 0.15) is 72.8 Å². The highest BCUT2D eigenvalue weighted by molar-refractivity contribution is 7.91. The molecule has 0 saturated heterocycles. The van der Waals surface area contributed by atoms with Crippen molar-refractivity contribution in [2.75, 3.05) is 0 Å². The van der Waals surface area contributed by atoms with Gasteiger partial charge in [0.2, 0.25) is 0 Å². The highest BCUT2D eigenvalue weighted by Gasteiger charge is 2.66. The molecule has 246 valence electrons. The van der Waals surface area contributed by atoms with Gasteiger partial charge in [-0.25, -0.2) is 26.0 Å². The number of rotatable bonds is 16. The molecule has 0 aliphatic carbocycles. The van der Waals surface area contributed by atoms with Crippen molar-refractivity contribution in [3.8, 4) is 5.75 Å². The zero-order valence-electron chi connectivity index (χ0n) is 23.7. The highest BCUT2D eigenvalue weighted by atomic mass is 32.2. The molecule has 11 nitrogen and oxygen atoms in total. The molecular formula is C23H36F4O11S4. The summed E-state index contributed by atoms with van der Waals surface area (Å²) in [5.41, 5.74) is -0.337. The van der Waals surface area contributed by atoms with Crippen LogP contribution in [-0.4, -0.2) is 74.6 Å². The quantitative estimate of drug-likeness (QED) is 0.143. The van der Waals surface area contributed by atoms with Crippen LogP contribution in [0.2, 0.25) is 0 Å². The molecule has 0 saturated carbocycles. The molecule has 0 radical (unpaired) electrons. The summed E-state index contributed by atoms with van der Waals surface area (Å²) >= 11 is 0. The summed E-state index contributed by atoms with van der Waals surface area (Å²) in [6.07, 6.45) is -3.37. The molecule has 0 heterocycles. The van der Waals surface area contributed by atoms with E-state index in [1.807, 2.05) is 0 Å². The van der Waals surface area contributed by atoms with E-state index in [-0.39, 0.29) is 5.56 Å². The van der Waals surface area contributed by atoms with Gasteiger partial charge in [-0.05, 0) is 57.2 Å². The first kappa shape index (κ1) is 38.5. The van der Waals surface area contributed by atoms with Crippen LogP contribution < -0.4 is 4.18 Å². The number of hydrogen-bond acceptors (Lipinski definition) is 9. The van der Waals surface area contributed by atoms with Gasteiger partial charge in [0.1, 0.15) is 11.0 Å². The van der Waals surface area contributed by atoms with Gasteiger partial charge in [0.15, 0.2) is 24.6 Å².